The second-order valence-electron chi connectivity index (χ2n) is 7.78. The molecular formula is C23H24FN3O5S. The topological polar surface area (TPSA) is 118 Å². The van der Waals surface area contributed by atoms with Crippen molar-refractivity contribution in [1.82, 2.24) is 14.7 Å². The van der Waals surface area contributed by atoms with Crippen molar-refractivity contribution in [2.24, 2.45) is 0 Å². The fourth-order valence-corrected chi connectivity index (χ4v) is 4.76. The normalized spacial score (nSPS) is 11.5. The molecule has 3 rings (SSSR count). The van der Waals surface area contributed by atoms with Crippen LogP contribution < -0.4 is 15.0 Å². The van der Waals surface area contributed by atoms with E-state index in [0.29, 0.717) is 28.1 Å². The number of sulfonamides is 1. The Labute approximate surface area is 190 Å². The summed E-state index contributed by atoms with van der Waals surface area (Å²) in [6, 6.07) is 8.11. The van der Waals surface area contributed by atoms with Gasteiger partial charge < -0.3 is 9.72 Å². The van der Waals surface area contributed by atoms with Crippen molar-refractivity contribution in [1.29, 1.82) is 0 Å². The first-order valence-corrected chi connectivity index (χ1v) is 11.6. The largest absolute Gasteiger partial charge is 0.481 e. The number of methoxy groups -OCH3 is 1. The number of nitrogens with zero attached hydrogens (tertiary/aromatic N) is 1. The third-order valence-electron chi connectivity index (χ3n) is 5.07. The number of pyridine rings is 2. The molecule has 2 aromatic heterocycles. The number of carbonyl (C=O) groups excluding carboxylic acids is 1. The maximum atomic E-state index is 14.5. The summed E-state index contributed by atoms with van der Waals surface area (Å²) in [6.45, 7) is 5.13. The molecular weight excluding hydrogens is 449 g/mol. The van der Waals surface area contributed by atoms with E-state index in [1.807, 2.05) is 18.6 Å². The van der Waals surface area contributed by atoms with Gasteiger partial charge in [-0.2, -0.15) is 0 Å². The Kier molecular flexibility index (Phi) is 6.97. The fraction of sp³-hybridized carbons (Fsp3) is 0.261. The summed E-state index contributed by atoms with van der Waals surface area (Å²) in [5.41, 5.74) is 1.73. The van der Waals surface area contributed by atoms with Crippen LogP contribution in [0.15, 0.2) is 52.3 Å². The van der Waals surface area contributed by atoms with E-state index in [9.17, 15) is 22.4 Å². The lowest BCUT2D eigenvalue weighted by Gasteiger charge is -2.18. The van der Waals surface area contributed by atoms with Crippen molar-refractivity contribution >= 4 is 15.9 Å². The Balaban J connectivity index is 2.03. The Morgan fingerprint density at radius 2 is 1.94 bits per heavy atom. The second-order valence-corrected chi connectivity index (χ2v) is 9.43. The third-order valence-corrected chi connectivity index (χ3v) is 6.59. The Bertz CT molecular complexity index is 1370. The number of halogens is 1. The first-order valence-electron chi connectivity index (χ1n) is 10.1. The Morgan fingerprint density at radius 1 is 1.21 bits per heavy atom. The first-order chi connectivity index (χ1) is 15.5. The summed E-state index contributed by atoms with van der Waals surface area (Å²) in [5.74, 6) is -1.10. The standard InChI is InChI=1S/C23H24FN3O5S/c1-13(2)17-10-16(24)11-18(15-7-8-25-23(9-15)32-4)19(17)12-22(29)27-33(30,31)20-5-6-21(28)26-14(20)3/h5-11,13H,12H2,1-4H3,(H,26,28)(H,27,29). The van der Waals surface area contributed by atoms with Gasteiger partial charge in [-0.25, -0.2) is 22.5 Å². The third kappa shape index (κ3) is 5.46. The number of amides is 1. The fourth-order valence-electron chi connectivity index (χ4n) is 3.57. The summed E-state index contributed by atoms with van der Waals surface area (Å²) in [7, 11) is -2.78. The van der Waals surface area contributed by atoms with E-state index in [0.717, 1.165) is 12.1 Å². The van der Waals surface area contributed by atoms with Crippen LogP contribution in [-0.4, -0.2) is 31.4 Å². The van der Waals surface area contributed by atoms with Crippen LogP contribution >= 0.6 is 0 Å². The Hall–Kier alpha value is -3.53. The number of nitrogens with one attached hydrogen (secondary N) is 2. The van der Waals surface area contributed by atoms with Gasteiger partial charge in [0.2, 0.25) is 17.3 Å². The highest BCUT2D eigenvalue weighted by molar-refractivity contribution is 7.90. The summed E-state index contributed by atoms with van der Waals surface area (Å²) in [6.07, 6.45) is 1.19. The number of aromatic nitrogens is 2. The molecule has 0 atom stereocenters. The minimum absolute atomic E-state index is 0.108. The van der Waals surface area contributed by atoms with E-state index < -0.39 is 27.3 Å². The van der Waals surface area contributed by atoms with E-state index >= 15 is 0 Å². The van der Waals surface area contributed by atoms with E-state index in [1.165, 1.54) is 32.4 Å². The van der Waals surface area contributed by atoms with Crippen molar-refractivity contribution in [3.63, 3.8) is 0 Å². The highest BCUT2D eigenvalue weighted by atomic mass is 32.2. The van der Waals surface area contributed by atoms with Crippen molar-refractivity contribution in [2.45, 2.75) is 38.0 Å². The molecule has 174 valence electrons. The molecule has 0 unspecified atom stereocenters. The van der Waals surface area contributed by atoms with Gasteiger partial charge in [0.25, 0.3) is 10.0 Å². The van der Waals surface area contributed by atoms with Crippen LogP contribution in [0.5, 0.6) is 5.88 Å². The summed E-state index contributed by atoms with van der Waals surface area (Å²) >= 11 is 0. The Morgan fingerprint density at radius 3 is 2.58 bits per heavy atom. The molecule has 2 heterocycles. The smallest absolute Gasteiger partial charge is 0.265 e. The van der Waals surface area contributed by atoms with Gasteiger partial charge >= 0.3 is 0 Å². The molecule has 33 heavy (non-hydrogen) atoms. The van der Waals surface area contributed by atoms with Crippen LogP contribution in [0.4, 0.5) is 4.39 Å². The molecule has 0 bridgehead atoms. The van der Waals surface area contributed by atoms with Crippen molar-refractivity contribution in [2.75, 3.05) is 7.11 Å². The average molecular weight is 474 g/mol. The summed E-state index contributed by atoms with van der Waals surface area (Å²) in [5, 5.41) is 0. The number of aryl methyl sites for hydroxylation is 1. The van der Waals surface area contributed by atoms with Crippen LogP contribution in [0.25, 0.3) is 11.1 Å². The molecule has 0 spiro atoms. The molecule has 3 aromatic rings. The highest BCUT2D eigenvalue weighted by Crippen LogP contribution is 2.33. The monoisotopic (exact) mass is 473 g/mol. The van der Waals surface area contributed by atoms with Gasteiger partial charge in [-0.1, -0.05) is 13.8 Å². The van der Waals surface area contributed by atoms with Crippen LogP contribution in [0.2, 0.25) is 0 Å². The predicted molar refractivity (Wildman–Crippen MR) is 121 cm³/mol. The summed E-state index contributed by atoms with van der Waals surface area (Å²) in [4.78, 5) is 30.5. The van der Waals surface area contributed by atoms with Crippen LogP contribution in [0, 0.1) is 12.7 Å². The van der Waals surface area contributed by atoms with Crippen LogP contribution in [0.3, 0.4) is 0 Å². The first kappa shape index (κ1) is 24.1. The van der Waals surface area contributed by atoms with E-state index in [4.69, 9.17) is 4.74 Å². The lowest BCUT2D eigenvalue weighted by Crippen LogP contribution is -2.33. The molecule has 0 saturated carbocycles. The highest BCUT2D eigenvalue weighted by Gasteiger charge is 2.23. The predicted octanol–water partition coefficient (Wildman–Crippen LogP) is 3.06. The molecule has 8 nitrogen and oxygen atoms in total. The number of aromatic amines is 1. The number of rotatable bonds is 7. The van der Waals surface area contributed by atoms with Gasteiger partial charge in [-0.3, -0.25) is 9.59 Å². The van der Waals surface area contributed by atoms with Gasteiger partial charge in [0.15, 0.2) is 0 Å². The molecule has 0 aliphatic rings. The molecule has 1 amide bonds. The van der Waals surface area contributed by atoms with Gasteiger partial charge in [-0.15, -0.1) is 0 Å². The number of hydrogen-bond donors (Lipinski definition) is 2. The lowest BCUT2D eigenvalue weighted by atomic mass is 9.88. The average Bonchev–Trinajstić information content (AvgIpc) is 2.73. The number of ether oxygens (including phenoxy) is 1. The van der Waals surface area contributed by atoms with Gasteiger partial charge in [0.05, 0.1) is 13.5 Å². The maximum absolute atomic E-state index is 14.5. The lowest BCUT2D eigenvalue weighted by molar-refractivity contribution is -0.118. The van der Waals surface area contributed by atoms with Crippen molar-refractivity contribution < 1.29 is 22.3 Å². The van der Waals surface area contributed by atoms with Gasteiger partial charge in [0.1, 0.15) is 10.7 Å². The molecule has 0 saturated heterocycles. The number of hydrogen-bond acceptors (Lipinski definition) is 6. The molecule has 2 N–H and O–H groups in total. The van der Waals surface area contributed by atoms with E-state index in [2.05, 4.69) is 9.97 Å². The molecule has 0 fully saturated rings. The quantitative estimate of drug-likeness (QED) is 0.545. The van der Waals surface area contributed by atoms with E-state index in [1.54, 1.807) is 12.1 Å². The molecule has 0 aliphatic heterocycles. The second kappa shape index (κ2) is 9.53. The number of carbonyl (C=O) groups is 1. The van der Waals surface area contributed by atoms with Crippen molar-refractivity contribution in [3.8, 4) is 17.0 Å². The molecule has 0 aliphatic carbocycles. The van der Waals surface area contributed by atoms with Crippen LogP contribution in [-0.2, 0) is 21.2 Å². The molecule has 1 aromatic carbocycles. The van der Waals surface area contributed by atoms with Gasteiger partial charge in [-0.05, 0) is 59.4 Å². The SMILES string of the molecule is COc1cc(-c2cc(F)cc(C(C)C)c2CC(=O)NS(=O)(=O)c2ccc(=O)[nH]c2C)ccn1. The minimum atomic E-state index is -4.23. The summed E-state index contributed by atoms with van der Waals surface area (Å²) < 4.78 is 47.1. The van der Waals surface area contributed by atoms with Gasteiger partial charge in [0, 0.05) is 24.0 Å². The number of benzene rings is 1. The van der Waals surface area contributed by atoms with E-state index in [-0.39, 0.29) is 22.9 Å². The molecule has 0 radical (unpaired) electrons. The minimum Gasteiger partial charge on any atom is -0.481 e. The zero-order chi connectivity index (χ0) is 24.3. The zero-order valence-electron chi connectivity index (χ0n) is 18.6. The zero-order valence-corrected chi connectivity index (χ0v) is 19.4. The van der Waals surface area contributed by atoms with Crippen molar-refractivity contribution in [3.05, 3.63) is 75.6 Å². The van der Waals surface area contributed by atoms with Crippen LogP contribution in [0.1, 0.15) is 36.6 Å². The number of H-pyrrole nitrogens is 1. The maximum Gasteiger partial charge on any atom is 0.265 e. The molecule has 10 heteroatoms.